The van der Waals surface area contributed by atoms with Crippen LogP contribution in [0.5, 0.6) is 5.75 Å². The summed E-state index contributed by atoms with van der Waals surface area (Å²) in [6.45, 7) is 0.585. The first-order chi connectivity index (χ1) is 14.2. The van der Waals surface area contributed by atoms with Crippen molar-refractivity contribution in [1.29, 1.82) is 5.26 Å². The maximum absolute atomic E-state index is 9.94. The number of hydrogen-bond acceptors (Lipinski definition) is 3. The Hall–Kier alpha value is -3.97. The van der Waals surface area contributed by atoms with Gasteiger partial charge in [0.2, 0.25) is 0 Å². The van der Waals surface area contributed by atoms with Gasteiger partial charge in [0.1, 0.15) is 23.2 Å². The maximum Gasteiger partial charge on any atom is 0.123 e. The van der Waals surface area contributed by atoms with Crippen molar-refractivity contribution in [1.82, 2.24) is 4.57 Å². The number of nitrogens with two attached hydrogens (primary N) is 1. The van der Waals surface area contributed by atoms with Crippen LogP contribution in [0.25, 0.3) is 22.4 Å². The Bertz CT molecular complexity index is 1150. The zero-order valence-electron chi connectivity index (χ0n) is 16.2. The molecule has 0 fully saturated rings. The molecule has 4 rings (SSSR count). The van der Waals surface area contributed by atoms with Crippen LogP contribution in [0.3, 0.4) is 0 Å². The van der Waals surface area contributed by atoms with Crippen molar-refractivity contribution in [3.05, 3.63) is 96.1 Å². The third-order valence-electron chi connectivity index (χ3n) is 5.02. The molecule has 3 aromatic carbocycles. The van der Waals surface area contributed by atoms with Gasteiger partial charge in [0, 0.05) is 12.1 Å². The number of aromatic nitrogens is 1. The van der Waals surface area contributed by atoms with Gasteiger partial charge in [0.25, 0.3) is 0 Å². The zero-order chi connectivity index (χ0) is 20.2. The van der Waals surface area contributed by atoms with E-state index in [9.17, 15) is 5.26 Å². The van der Waals surface area contributed by atoms with Gasteiger partial charge in [-0.05, 0) is 28.8 Å². The molecule has 0 unspecified atom stereocenters. The van der Waals surface area contributed by atoms with Gasteiger partial charge in [-0.1, -0.05) is 72.8 Å². The summed E-state index contributed by atoms with van der Waals surface area (Å²) in [6, 6.07) is 30.3. The summed E-state index contributed by atoms with van der Waals surface area (Å²) in [5.41, 5.74) is 11.9. The average Bonchev–Trinajstić information content (AvgIpc) is 3.06. The van der Waals surface area contributed by atoms with Gasteiger partial charge in [0.05, 0.1) is 12.8 Å². The second-order valence-corrected chi connectivity index (χ2v) is 6.76. The minimum absolute atomic E-state index is 0.473. The molecular weight excluding hydrogens is 358 g/mol. The second-order valence-electron chi connectivity index (χ2n) is 6.76. The summed E-state index contributed by atoms with van der Waals surface area (Å²) in [7, 11) is 1.64. The number of hydrogen-bond donors (Lipinski definition) is 1. The zero-order valence-corrected chi connectivity index (χ0v) is 16.2. The number of rotatable bonds is 5. The lowest BCUT2D eigenvalue weighted by Crippen LogP contribution is -2.06. The van der Waals surface area contributed by atoms with Gasteiger partial charge < -0.3 is 15.0 Å². The molecule has 0 aliphatic carbocycles. The molecule has 0 radical (unpaired) electrons. The molecule has 0 atom stereocenters. The highest BCUT2D eigenvalue weighted by molar-refractivity contribution is 5.90. The van der Waals surface area contributed by atoms with Crippen LogP contribution in [0.4, 0.5) is 5.82 Å². The summed E-state index contributed by atoms with van der Waals surface area (Å²) in [5.74, 6) is 1.24. The van der Waals surface area contributed by atoms with E-state index in [0.29, 0.717) is 17.9 Å². The monoisotopic (exact) mass is 379 g/mol. The Morgan fingerprint density at radius 1 is 0.862 bits per heavy atom. The van der Waals surface area contributed by atoms with E-state index in [2.05, 4.69) is 18.2 Å². The van der Waals surface area contributed by atoms with Crippen LogP contribution in [0, 0.1) is 11.3 Å². The summed E-state index contributed by atoms with van der Waals surface area (Å²) >= 11 is 0. The van der Waals surface area contributed by atoms with Crippen LogP contribution in [0.15, 0.2) is 84.9 Å². The molecule has 0 aliphatic heterocycles. The van der Waals surface area contributed by atoms with E-state index in [-0.39, 0.29) is 0 Å². The first-order valence-electron chi connectivity index (χ1n) is 9.38. The summed E-state index contributed by atoms with van der Waals surface area (Å²) in [6.07, 6.45) is 0. The molecule has 0 spiro atoms. The standard InChI is InChI=1S/C25H21N3O/c1-29-21-14-12-19(13-15-21)23-22(16-26)25(27)28(17-18-8-4-2-5-9-18)24(23)20-10-6-3-7-11-20/h2-15H,17,27H2,1H3. The van der Waals surface area contributed by atoms with E-state index in [1.54, 1.807) is 7.11 Å². The molecule has 0 bridgehead atoms. The van der Waals surface area contributed by atoms with E-state index in [0.717, 1.165) is 33.7 Å². The van der Waals surface area contributed by atoms with Crippen LogP contribution in [0.1, 0.15) is 11.1 Å². The Labute approximate surface area is 170 Å². The number of nitriles is 1. The fourth-order valence-corrected chi connectivity index (χ4v) is 3.62. The Balaban J connectivity index is 1.98. The van der Waals surface area contributed by atoms with Crippen molar-refractivity contribution in [3.8, 4) is 34.2 Å². The Morgan fingerprint density at radius 2 is 1.48 bits per heavy atom. The SMILES string of the molecule is COc1ccc(-c2c(C#N)c(N)n(Cc3ccccc3)c2-c2ccccc2)cc1. The van der Waals surface area contributed by atoms with Crippen LogP contribution in [-0.4, -0.2) is 11.7 Å². The average molecular weight is 379 g/mol. The number of anilines is 1. The van der Waals surface area contributed by atoms with Crippen molar-refractivity contribution < 1.29 is 4.74 Å². The van der Waals surface area contributed by atoms with Gasteiger partial charge in [0.15, 0.2) is 0 Å². The van der Waals surface area contributed by atoms with Crippen LogP contribution >= 0.6 is 0 Å². The molecule has 4 heteroatoms. The highest BCUT2D eigenvalue weighted by atomic mass is 16.5. The number of methoxy groups -OCH3 is 1. The molecule has 1 heterocycles. The third-order valence-corrected chi connectivity index (χ3v) is 5.02. The molecule has 1 aromatic heterocycles. The summed E-state index contributed by atoms with van der Waals surface area (Å²) < 4.78 is 7.32. The molecule has 29 heavy (non-hydrogen) atoms. The topological polar surface area (TPSA) is 64.0 Å². The molecular formula is C25H21N3O. The Morgan fingerprint density at radius 3 is 2.07 bits per heavy atom. The van der Waals surface area contributed by atoms with Gasteiger partial charge in [-0.3, -0.25) is 0 Å². The molecule has 0 saturated heterocycles. The fourth-order valence-electron chi connectivity index (χ4n) is 3.62. The van der Waals surface area contributed by atoms with Crippen molar-refractivity contribution in [2.24, 2.45) is 0 Å². The highest BCUT2D eigenvalue weighted by Gasteiger charge is 2.23. The van der Waals surface area contributed by atoms with E-state index in [1.165, 1.54) is 0 Å². The predicted octanol–water partition coefficient (Wildman–Crippen LogP) is 5.33. The van der Waals surface area contributed by atoms with Crippen molar-refractivity contribution in [2.75, 3.05) is 12.8 Å². The minimum Gasteiger partial charge on any atom is -0.497 e. The quantitative estimate of drug-likeness (QED) is 0.509. The van der Waals surface area contributed by atoms with Gasteiger partial charge in [-0.2, -0.15) is 5.26 Å². The van der Waals surface area contributed by atoms with E-state index in [1.807, 2.05) is 77.4 Å². The summed E-state index contributed by atoms with van der Waals surface area (Å²) in [4.78, 5) is 0. The third kappa shape index (κ3) is 3.46. The number of nitrogen functional groups attached to an aromatic ring is 1. The van der Waals surface area contributed by atoms with E-state index in [4.69, 9.17) is 10.5 Å². The molecule has 4 nitrogen and oxygen atoms in total. The number of nitrogens with zero attached hydrogens (tertiary/aromatic N) is 2. The van der Waals surface area contributed by atoms with Crippen molar-refractivity contribution in [3.63, 3.8) is 0 Å². The second kappa shape index (κ2) is 7.95. The molecule has 142 valence electrons. The molecule has 0 saturated carbocycles. The normalized spacial score (nSPS) is 10.5. The lowest BCUT2D eigenvalue weighted by molar-refractivity contribution is 0.415. The number of ether oxygens (including phenoxy) is 1. The van der Waals surface area contributed by atoms with E-state index < -0.39 is 0 Å². The smallest absolute Gasteiger partial charge is 0.123 e. The van der Waals surface area contributed by atoms with Crippen LogP contribution in [-0.2, 0) is 6.54 Å². The van der Waals surface area contributed by atoms with Gasteiger partial charge in [-0.25, -0.2) is 0 Å². The molecule has 2 N–H and O–H groups in total. The predicted molar refractivity (Wildman–Crippen MR) is 117 cm³/mol. The minimum atomic E-state index is 0.473. The van der Waals surface area contributed by atoms with Crippen LogP contribution < -0.4 is 10.5 Å². The maximum atomic E-state index is 9.94. The Kier molecular flexibility index (Phi) is 5.05. The largest absolute Gasteiger partial charge is 0.497 e. The molecule has 0 amide bonds. The first kappa shape index (κ1) is 18.4. The van der Waals surface area contributed by atoms with Gasteiger partial charge >= 0.3 is 0 Å². The van der Waals surface area contributed by atoms with Crippen molar-refractivity contribution in [2.45, 2.75) is 6.54 Å². The lowest BCUT2D eigenvalue weighted by Gasteiger charge is -2.14. The lowest BCUT2D eigenvalue weighted by atomic mass is 9.98. The molecule has 0 aliphatic rings. The first-order valence-corrected chi connectivity index (χ1v) is 9.38. The van der Waals surface area contributed by atoms with Gasteiger partial charge in [-0.15, -0.1) is 0 Å². The number of benzene rings is 3. The summed E-state index contributed by atoms with van der Waals surface area (Å²) in [5, 5.41) is 9.94. The van der Waals surface area contributed by atoms with Crippen molar-refractivity contribution >= 4 is 5.82 Å². The van der Waals surface area contributed by atoms with Crippen LogP contribution in [0.2, 0.25) is 0 Å². The fraction of sp³-hybridized carbons (Fsp3) is 0.0800. The van der Waals surface area contributed by atoms with E-state index >= 15 is 0 Å². The molecule has 4 aromatic rings. The highest BCUT2D eigenvalue weighted by Crippen LogP contribution is 2.41.